The summed E-state index contributed by atoms with van der Waals surface area (Å²) in [6.45, 7) is 2.42. The van der Waals surface area contributed by atoms with Crippen molar-refractivity contribution in [2.75, 3.05) is 34.5 Å². The molecule has 0 heterocycles. The SMILES string of the molecule is CO.COC(=O)CNC(=O)C(C)SSC(C)C(=O)NC(CO)C(=O)OC. The van der Waals surface area contributed by atoms with Crippen LogP contribution < -0.4 is 10.6 Å². The number of methoxy groups -OCH3 is 2. The van der Waals surface area contributed by atoms with Crippen molar-refractivity contribution in [2.24, 2.45) is 0 Å². The van der Waals surface area contributed by atoms with Crippen LogP contribution in [0.2, 0.25) is 0 Å². The van der Waals surface area contributed by atoms with Gasteiger partial charge in [0.05, 0.1) is 31.3 Å². The van der Waals surface area contributed by atoms with Gasteiger partial charge in [-0.2, -0.15) is 0 Å². The average molecular weight is 415 g/mol. The minimum atomic E-state index is -1.13. The van der Waals surface area contributed by atoms with Crippen LogP contribution >= 0.6 is 21.6 Å². The molecule has 0 aromatic rings. The highest BCUT2D eigenvalue weighted by Gasteiger charge is 2.25. The van der Waals surface area contributed by atoms with Gasteiger partial charge in [-0.1, -0.05) is 21.6 Å². The number of amides is 2. The van der Waals surface area contributed by atoms with Gasteiger partial charge in [-0.3, -0.25) is 14.4 Å². The van der Waals surface area contributed by atoms with Crippen molar-refractivity contribution in [1.29, 1.82) is 0 Å². The first kappa shape index (κ1) is 26.7. The smallest absolute Gasteiger partial charge is 0.330 e. The summed E-state index contributed by atoms with van der Waals surface area (Å²) in [4.78, 5) is 45.9. The molecule has 0 spiro atoms. The minimum absolute atomic E-state index is 0.224. The molecule has 0 rings (SSSR count). The van der Waals surface area contributed by atoms with Crippen LogP contribution in [0.1, 0.15) is 13.8 Å². The Morgan fingerprint density at radius 2 is 1.46 bits per heavy atom. The normalized spacial score (nSPS) is 13.2. The standard InChI is InChI=1S/C13H22N2O7S2.CH4O/c1-7(11(18)14-5-10(17)21-3)23-24-8(2)12(19)15-9(6-16)13(20)22-4;1-2/h7-9,16H,5-6H2,1-4H3,(H,14,18)(H,15,19);2H,1H3. The lowest BCUT2D eigenvalue weighted by Gasteiger charge is -2.18. The van der Waals surface area contributed by atoms with E-state index in [0.29, 0.717) is 0 Å². The minimum Gasteiger partial charge on any atom is -0.468 e. The van der Waals surface area contributed by atoms with Crippen molar-refractivity contribution >= 4 is 45.3 Å². The monoisotopic (exact) mass is 414 g/mol. The molecule has 0 bridgehead atoms. The van der Waals surface area contributed by atoms with Gasteiger partial charge in [0.2, 0.25) is 11.8 Å². The summed E-state index contributed by atoms with van der Waals surface area (Å²) >= 11 is 0. The number of carbonyl (C=O) groups is 4. The number of rotatable bonds is 10. The van der Waals surface area contributed by atoms with E-state index in [2.05, 4.69) is 20.1 Å². The zero-order valence-corrected chi connectivity index (χ0v) is 16.9. The first-order valence-corrected chi connectivity index (χ1v) is 9.64. The van der Waals surface area contributed by atoms with E-state index in [-0.39, 0.29) is 12.5 Å². The van der Waals surface area contributed by atoms with Crippen LogP contribution in [0.15, 0.2) is 0 Å². The van der Waals surface area contributed by atoms with Gasteiger partial charge in [0.25, 0.3) is 0 Å². The zero-order chi connectivity index (χ0) is 20.7. The van der Waals surface area contributed by atoms with Crippen molar-refractivity contribution < 1.29 is 38.9 Å². The Hall–Kier alpha value is -1.50. The first-order chi connectivity index (χ1) is 12.3. The molecule has 0 aliphatic carbocycles. The van der Waals surface area contributed by atoms with Crippen molar-refractivity contribution in [3.63, 3.8) is 0 Å². The van der Waals surface area contributed by atoms with Crippen molar-refractivity contribution in [3.05, 3.63) is 0 Å². The number of aliphatic hydroxyl groups excluding tert-OH is 2. The predicted octanol–water partition coefficient (Wildman–Crippen LogP) is -1.31. The van der Waals surface area contributed by atoms with E-state index >= 15 is 0 Å². The number of aliphatic hydroxyl groups is 2. The van der Waals surface area contributed by atoms with E-state index in [4.69, 9.17) is 10.2 Å². The fourth-order valence-electron chi connectivity index (χ4n) is 1.24. The molecular weight excluding hydrogens is 388 g/mol. The van der Waals surface area contributed by atoms with Crippen LogP contribution in [-0.4, -0.2) is 85.0 Å². The average Bonchev–Trinajstić information content (AvgIpc) is 2.67. The first-order valence-electron chi connectivity index (χ1n) is 7.37. The number of nitrogens with one attached hydrogen (secondary N) is 2. The van der Waals surface area contributed by atoms with Gasteiger partial charge in [-0.15, -0.1) is 0 Å². The molecule has 0 fully saturated rings. The molecule has 0 aromatic heterocycles. The second kappa shape index (κ2) is 15.7. The Morgan fingerprint density at radius 1 is 0.962 bits per heavy atom. The highest BCUT2D eigenvalue weighted by atomic mass is 33.1. The maximum absolute atomic E-state index is 11.9. The van der Waals surface area contributed by atoms with Crippen LogP contribution in [0.4, 0.5) is 0 Å². The molecule has 0 aromatic carbocycles. The molecule has 0 saturated carbocycles. The molecule has 4 N–H and O–H groups in total. The number of carbonyl (C=O) groups excluding carboxylic acids is 4. The molecular formula is C14H26N2O8S2. The Balaban J connectivity index is 0. The Labute approximate surface area is 160 Å². The van der Waals surface area contributed by atoms with Gasteiger partial charge in [0, 0.05) is 7.11 Å². The molecule has 3 unspecified atom stereocenters. The fourth-order valence-corrected chi connectivity index (χ4v) is 3.42. The van der Waals surface area contributed by atoms with Gasteiger partial charge >= 0.3 is 11.9 Å². The van der Waals surface area contributed by atoms with Crippen LogP contribution in [-0.2, 0) is 28.7 Å². The topological polar surface area (TPSA) is 151 Å². The summed E-state index contributed by atoms with van der Waals surface area (Å²) < 4.78 is 8.86. The molecule has 0 radical (unpaired) electrons. The lowest BCUT2D eigenvalue weighted by Crippen LogP contribution is -2.46. The number of hydrogen-bond acceptors (Lipinski definition) is 10. The van der Waals surface area contributed by atoms with Crippen molar-refractivity contribution in [1.82, 2.24) is 10.6 Å². The van der Waals surface area contributed by atoms with E-state index in [1.807, 2.05) is 0 Å². The zero-order valence-electron chi connectivity index (χ0n) is 15.3. The molecule has 3 atom stereocenters. The second-order valence-electron chi connectivity index (χ2n) is 4.54. The van der Waals surface area contributed by atoms with Gasteiger partial charge in [-0.05, 0) is 13.8 Å². The summed E-state index contributed by atoms with van der Waals surface area (Å²) in [5.41, 5.74) is 0. The maximum Gasteiger partial charge on any atom is 0.330 e. The highest BCUT2D eigenvalue weighted by molar-refractivity contribution is 8.77. The Bertz CT molecular complexity index is 464. The van der Waals surface area contributed by atoms with Gasteiger partial charge in [0.1, 0.15) is 6.54 Å². The van der Waals surface area contributed by atoms with E-state index < -0.39 is 41.0 Å². The van der Waals surface area contributed by atoms with E-state index in [1.54, 1.807) is 13.8 Å². The molecule has 0 saturated heterocycles. The molecule has 0 aliphatic rings. The number of esters is 2. The highest BCUT2D eigenvalue weighted by Crippen LogP contribution is 2.31. The van der Waals surface area contributed by atoms with Crippen molar-refractivity contribution in [3.8, 4) is 0 Å². The molecule has 2 amide bonds. The molecule has 26 heavy (non-hydrogen) atoms. The molecule has 12 heteroatoms. The summed E-state index contributed by atoms with van der Waals surface area (Å²) in [5, 5.41) is 19.7. The summed E-state index contributed by atoms with van der Waals surface area (Å²) in [6, 6.07) is -1.13. The fraction of sp³-hybridized carbons (Fsp3) is 0.714. The quantitative estimate of drug-likeness (QED) is 0.250. The van der Waals surface area contributed by atoms with Crippen LogP contribution in [0.25, 0.3) is 0 Å². The number of ether oxygens (including phenoxy) is 2. The molecule has 152 valence electrons. The third kappa shape index (κ3) is 11.2. The van der Waals surface area contributed by atoms with Gasteiger partial charge < -0.3 is 30.3 Å². The Morgan fingerprint density at radius 3 is 1.88 bits per heavy atom. The summed E-state index contributed by atoms with van der Waals surface area (Å²) in [7, 11) is 5.64. The van der Waals surface area contributed by atoms with Gasteiger partial charge in [-0.25, -0.2) is 4.79 Å². The largest absolute Gasteiger partial charge is 0.468 e. The number of hydrogen-bond donors (Lipinski definition) is 4. The van der Waals surface area contributed by atoms with E-state index in [9.17, 15) is 19.2 Å². The van der Waals surface area contributed by atoms with Crippen LogP contribution in [0.3, 0.4) is 0 Å². The third-order valence-electron chi connectivity index (χ3n) is 2.70. The third-order valence-corrected chi connectivity index (χ3v) is 5.88. The summed E-state index contributed by atoms with van der Waals surface area (Å²) in [6.07, 6.45) is 0. The van der Waals surface area contributed by atoms with E-state index in [0.717, 1.165) is 35.8 Å². The van der Waals surface area contributed by atoms with Crippen molar-refractivity contribution in [2.45, 2.75) is 30.4 Å². The lowest BCUT2D eigenvalue weighted by molar-refractivity contribution is -0.146. The van der Waals surface area contributed by atoms with Gasteiger partial charge in [0.15, 0.2) is 6.04 Å². The van der Waals surface area contributed by atoms with Crippen LogP contribution in [0, 0.1) is 0 Å². The summed E-state index contributed by atoms with van der Waals surface area (Å²) in [5.74, 6) is -2.14. The maximum atomic E-state index is 11.9. The van der Waals surface area contributed by atoms with Crippen LogP contribution in [0.5, 0.6) is 0 Å². The predicted molar refractivity (Wildman–Crippen MR) is 98.3 cm³/mol. The Kier molecular flexibility index (Phi) is 16.2. The second-order valence-corrected chi connectivity index (χ2v) is 7.49. The lowest BCUT2D eigenvalue weighted by atomic mass is 10.3. The van der Waals surface area contributed by atoms with E-state index in [1.165, 1.54) is 7.11 Å². The molecule has 10 nitrogen and oxygen atoms in total. The molecule has 0 aliphatic heterocycles.